The first-order valence-electron chi connectivity index (χ1n) is 7.53. The zero-order valence-corrected chi connectivity index (χ0v) is 14.9. The number of methoxy groups -OCH3 is 1. The molecule has 0 aliphatic rings. The second-order valence-electron chi connectivity index (χ2n) is 5.44. The van der Waals surface area contributed by atoms with Crippen LogP contribution in [0.3, 0.4) is 0 Å². The Bertz CT molecular complexity index is 829. The lowest BCUT2D eigenvalue weighted by molar-refractivity contribution is -0.112. The van der Waals surface area contributed by atoms with Crippen LogP contribution >= 0.6 is 11.6 Å². The van der Waals surface area contributed by atoms with Gasteiger partial charge in [-0.1, -0.05) is 17.7 Å². The summed E-state index contributed by atoms with van der Waals surface area (Å²) < 4.78 is 5.06. The molecule has 0 saturated carbocycles. The lowest BCUT2D eigenvalue weighted by atomic mass is 10.1. The molecule has 0 bridgehead atoms. The number of rotatable bonds is 5. The van der Waals surface area contributed by atoms with E-state index >= 15 is 0 Å². The summed E-state index contributed by atoms with van der Waals surface area (Å²) in [7, 11) is 1.56. The Morgan fingerprint density at radius 3 is 2.48 bits per heavy atom. The number of carbonyl (C=O) groups is 1. The molecule has 0 aliphatic heterocycles. The molecule has 2 aromatic rings. The van der Waals surface area contributed by atoms with Crippen molar-refractivity contribution in [1.82, 2.24) is 0 Å². The summed E-state index contributed by atoms with van der Waals surface area (Å²) >= 11 is 6.21. The molecule has 2 rings (SSSR count). The normalized spacial score (nSPS) is 10.8. The van der Waals surface area contributed by atoms with Crippen molar-refractivity contribution in [3.05, 3.63) is 64.3 Å². The number of nitriles is 1. The van der Waals surface area contributed by atoms with Crippen LogP contribution in [0.15, 0.2) is 48.2 Å². The number of nitrogens with zero attached hydrogens (tertiary/aromatic N) is 1. The van der Waals surface area contributed by atoms with Crippen molar-refractivity contribution in [2.75, 3.05) is 17.7 Å². The molecular formula is C19H18ClN3O2. The Morgan fingerprint density at radius 2 is 1.92 bits per heavy atom. The highest BCUT2D eigenvalue weighted by atomic mass is 35.5. The number of halogens is 1. The van der Waals surface area contributed by atoms with E-state index in [-0.39, 0.29) is 5.57 Å². The van der Waals surface area contributed by atoms with E-state index in [9.17, 15) is 10.1 Å². The maximum atomic E-state index is 12.2. The standard InChI is InChI=1S/C19H18ClN3O2/c1-12-8-13(2)18(17(20)9-12)22-11-14(10-21)19(24)23-15-4-6-16(25-3)7-5-15/h4-9,11,22H,1-3H3,(H,23,24)/b14-11-. The minimum atomic E-state index is -0.513. The maximum absolute atomic E-state index is 12.2. The lowest BCUT2D eigenvalue weighted by Gasteiger charge is -2.10. The quantitative estimate of drug-likeness (QED) is 0.615. The van der Waals surface area contributed by atoms with Crippen LogP contribution in [-0.4, -0.2) is 13.0 Å². The molecule has 6 heteroatoms. The van der Waals surface area contributed by atoms with E-state index in [1.807, 2.05) is 32.0 Å². The van der Waals surface area contributed by atoms with Gasteiger partial charge in [0, 0.05) is 11.9 Å². The van der Waals surface area contributed by atoms with Gasteiger partial charge in [-0.25, -0.2) is 0 Å². The average Bonchev–Trinajstić information content (AvgIpc) is 2.58. The van der Waals surface area contributed by atoms with Crippen molar-refractivity contribution in [2.45, 2.75) is 13.8 Å². The highest BCUT2D eigenvalue weighted by Crippen LogP contribution is 2.27. The molecule has 0 radical (unpaired) electrons. The van der Waals surface area contributed by atoms with Crippen LogP contribution in [0.5, 0.6) is 5.75 Å². The van der Waals surface area contributed by atoms with Crippen LogP contribution < -0.4 is 15.4 Å². The highest BCUT2D eigenvalue weighted by molar-refractivity contribution is 6.33. The number of ether oxygens (including phenoxy) is 1. The Morgan fingerprint density at radius 1 is 1.24 bits per heavy atom. The van der Waals surface area contributed by atoms with Gasteiger partial charge in [-0.3, -0.25) is 4.79 Å². The van der Waals surface area contributed by atoms with Crippen LogP contribution in [0.1, 0.15) is 11.1 Å². The van der Waals surface area contributed by atoms with E-state index in [0.717, 1.165) is 11.1 Å². The van der Waals surface area contributed by atoms with Gasteiger partial charge in [0.1, 0.15) is 17.4 Å². The predicted octanol–water partition coefficient (Wildman–Crippen LogP) is 4.42. The van der Waals surface area contributed by atoms with Gasteiger partial charge < -0.3 is 15.4 Å². The first-order chi connectivity index (χ1) is 11.9. The zero-order valence-electron chi connectivity index (χ0n) is 14.2. The molecular weight excluding hydrogens is 338 g/mol. The molecule has 2 N–H and O–H groups in total. The SMILES string of the molecule is COc1ccc(NC(=O)/C(C#N)=C\Nc2c(C)cc(C)cc2Cl)cc1. The number of benzene rings is 2. The fourth-order valence-electron chi connectivity index (χ4n) is 2.26. The fraction of sp³-hybridized carbons (Fsp3) is 0.158. The number of anilines is 2. The summed E-state index contributed by atoms with van der Waals surface area (Å²) in [5.41, 5.74) is 3.13. The Kier molecular flexibility index (Phi) is 6.04. The fourth-order valence-corrected chi connectivity index (χ4v) is 2.64. The van der Waals surface area contributed by atoms with E-state index in [2.05, 4.69) is 10.6 Å². The van der Waals surface area contributed by atoms with E-state index in [1.165, 1.54) is 6.20 Å². The molecule has 0 unspecified atom stereocenters. The first-order valence-corrected chi connectivity index (χ1v) is 7.91. The summed E-state index contributed by atoms with van der Waals surface area (Å²) in [6, 6.07) is 12.5. The molecule has 128 valence electrons. The van der Waals surface area contributed by atoms with E-state index in [4.69, 9.17) is 16.3 Å². The Balaban J connectivity index is 2.14. The van der Waals surface area contributed by atoms with Gasteiger partial charge in [-0.15, -0.1) is 0 Å². The third-order valence-electron chi connectivity index (χ3n) is 3.51. The molecule has 2 aromatic carbocycles. The molecule has 0 saturated heterocycles. The summed E-state index contributed by atoms with van der Waals surface area (Å²) in [6.07, 6.45) is 1.35. The molecule has 0 aromatic heterocycles. The van der Waals surface area contributed by atoms with Crippen molar-refractivity contribution in [1.29, 1.82) is 5.26 Å². The van der Waals surface area contributed by atoms with E-state index < -0.39 is 5.91 Å². The van der Waals surface area contributed by atoms with Gasteiger partial charge >= 0.3 is 0 Å². The van der Waals surface area contributed by atoms with Crippen molar-refractivity contribution >= 4 is 28.9 Å². The Labute approximate surface area is 151 Å². The van der Waals surface area contributed by atoms with Gasteiger partial charge in [0.25, 0.3) is 5.91 Å². The van der Waals surface area contributed by atoms with Gasteiger partial charge in [0.2, 0.25) is 0 Å². The number of hydrogen-bond donors (Lipinski definition) is 2. The summed E-state index contributed by atoms with van der Waals surface area (Å²) in [5, 5.41) is 15.4. The summed E-state index contributed by atoms with van der Waals surface area (Å²) in [4.78, 5) is 12.2. The Hall–Kier alpha value is -2.97. The smallest absolute Gasteiger partial charge is 0.267 e. The average molecular weight is 356 g/mol. The third kappa shape index (κ3) is 4.75. The number of amides is 1. The van der Waals surface area contributed by atoms with Crippen LogP contribution in [0.25, 0.3) is 0 Å². The lowest BCUT2D eigenvalue weighted by Crippen LogP contribution is -2.14. The minimum absolute atomic E-state index is 0.0631. The van der Waals surface area contributed by atoms with E-state index in [1.54, 1.807) is 31.4 Å². The zero-order chi connectivity index (χ0) is 18.4. The maximum Gasteiger partial charge on any atom is 0.267 e. The second-order valence-corrected chi connectivity index (χ2v) is 5.84. The topological polar surface area (TPSA) is 74.1 Å². The van der Waals surface area contributed by atoms with E-state index in [0.29, 0.717) is 22.1 Å². The molecule has 25 heavy (non-hydrogen) atoms. The highest BCUT2D eigenvalue weighted by Gasteiger charge is 2.11. The van der Waals surface area contributed by atoms with Gasteiger partial charge in [-0.05, 0) is 55.3 Å². The molecule has 5 nitrogen and oxygen atoms in total. The predicted molar refractivity (Wildman–Crippen MR) is 99.9 cm³/mol. The molecule has 0 aliphatic carbocycles. The molecule has 0 heterocycles. The van der Waals surface area contributed by atoms with Crippen LogP contribution in [0, 0.1) is 25.2 Å². The number of nitrogens with one attached hydrogen (secondary N) is 2. The van der Waals surface area contributed by atoms with Crippen molar-refractivity contribution in [2.24, 2.45) is 0 Å². The van der Waals surface area contributed by atoms with Crippen LogP contribution in [0.4, 0.5) is 11.4 Å². The van der Waals surface area contributed by atoms with Gasteiger partial charge in [0.15, 0.2) is 0 Å². The summed E-state index contributed by atoms with van der Waals surface area (Å²) in [5.74, 6) is 0.168. The van der Waals surface area contributed by atoms with Gasteiger partial charge in [-0.2, -0.15) is 5.26 Å². The molecule has 0 atom stereocenters. The third-order valence-corrected chi connectivity index (χ3v) is 3.80. The first kappa shape index (κ1) is 18.4. The van der Waals surface area contributed by atoms with Gasteiger partial charge in [0.05, 0.1) is 17.8 Å². The van der Waals surface area contributed by atoms with Crippen molar-refractivity contribution in [3.8, 4) is 11.8 Å². The minimum Gasteiger partial charge on any atom is -0.497 e. The number of aryl methyl sites for hydroxylation is 2. The molecule has 1 amide bonds. The molecule has 0 spiro atoms. The van der Waals surface area contributed by atoms with Crippen LogP contribution in [0.2, 0.25) is 5.02 Å². The van der Waals surface area contributed by atoms with Crippen molar-refractivity contribution < 1.29 is 9.53 Å². The van der Waals surface area contributed by atoms with Crippen LogP contribution in [-0.2, 0) is 4.79 Å². The summed E-state index contributed by atoms with van der Waals surface area (Å²) in [6.45, 7) is 3.85. The monoisotopic (exact) mass is 355 g/mol. The van der Waals surface area contributed by atoms with Crippen molar-refractivity contribution in [3.63, 3.8) is 0 Å². The second kappa shape index (κ2) is 8.22. The molecule has 0 fully saturated rings. The number of hydrogen-bond acceptors (Lipinski definition) is 4. The largest absolute Gasteiger partial charge is 0.497 e. The number of carbonyl (C=O) groups excluding carboxylic acids is 1.